The summed E-state index contributed by atoms with van der Waals surface area (Å²) in [7, 11) is 0. The van der Waals surface area contributed by atoms with Crippen LogP contribution in [0.15, 0.2) is 24.3 Å². The van der Waals surface area contributed by atoms with Gasteiger partial charge < -0.3 is 9.84 Å². The summed E-state index contributed by atoms with van der Waals surface area (Å²) in [6, 6.07) is 4.32. The molecule has 0 aliphatic rings. The molecule has 1 N–H and O–H groups in total. The molecule has 6 heteroatoms. The molecule has 0 aromatic heterocycles. The number of carbonyl (C=O) groups excluding carboxylic acids is 1. The van der Waals surface area contributed by atoms with Gasteiger partial charge in [-0.1, -0.05) is 12.1 Å². The highest BCUT2D eigenvalue weighted by Gasteiger charge is 2.48. The third-order valence-corrected chi connectivity index (χ3v) is 3.75. The average molecular weight is 304 g/mol. The minimum Gasteiger partial charge on any atom is -0.465 e. The molecular weight excluding hydrogens is 285 g/mol. The molecule has 0 spiro atoms. The van der Waals surface area contributed by atoms with Crippen molar-refractivity contribution in [3.05, 3.63) is 35.4 Å². The van der Waals surface area contributed by atoms with Crippen LogP contribution in [0.2, 0.25) is 0 Å². The molecule has 0 saturated heterocycles. The number of benzene rings is 1. The number of rotatable bonds is 4. The summed E-state index contributed by atoms with van der Waals surface area (Å²) >= 11 is 0. The van der Waals surface area contributed by atoms with Crippen molar-refractivity contribution in [2.75, 3.05) is 6.61 Å². The number of aliphatic hydroxyl groups is 1. The molecule has 0 fully saturated rings. The Balaban J connectivity index is 3.27. The molecule has 118 valence electrons. The van der Waals surface area contributed by atoms with Gasteiger partial charge in [-0.25, -0.2) is 0 Å². The maximum atomic E-state index is 12.8. The van der Waals surface area contributed by atoms with Crippen LogP contribution in [0, 0.1) is 5.41 Å². The fraction of sp³-hybridized carbons (Fsp3) is 0.533. The molecule has 1 aromatic rings. The number of carbonyl (C=O) groups is 1. The lowest BCUT2D eigenvalue weighted by atomic mass is 9.71. The molecule has 0 aliphatic carbocycles. The zero-order chi connectivity index (χ0) is 16.5. The lowest BCUT2D eigenvalue weighted by Gasteiger charge is -2.38. The van der Waals surface area contributed by atoms with Crippen molar-refractivity contribution >= 4 is 5.97 Å². The van der Waals surface area contributed by atoms with Crippen molar-refractivity contribution < 1.29 is 27.8 Å². The first-order valence-corrected chi connectivity index (χ1v) is 6.52. The molecule has 0 bridgehead atoms. The molecule has 0 aliphatic heterocycles. The van der Waals surface area contributed by atoms with Gasteiger partial charge in [0.2, 0.25) is 0 Å². The quantitative estimate of drug-likeness (QED) is 0.866. The Morgan fingerprint density at radius 1 is 1.19 bits per heavy atom. The first-order valence-electron chi connectivity index (χ1n) is 6.52. The van der Waals surface area contributed by atoms with E-state index in [0.29, 0.717) is 0 Å². The fourth-order valence-corrected chi connectivity index (χ4v) is 1.87. The van der Waals surface area contributed by atoms with Crippen molar-refractivity contribution in [2.24, 2.45) is 5.41 Å². The van der Waals surface area contributed by atoms with Gasteiger partial charge in [0.15, 0.2) is 0 Å². The van der Waals surface area contributed by atoms with Crippen molar-refractivity contribution in [3.8, 4) is 0 Å². The van der Waals surface area contributed by atoms with Gasteiger partial charge in [0.25, 0.3) is 0 Å². The Morgan fingerprint density at radius 3 is 2.19 bits per heavy atom. The molecule has 1 aromatic carbocycles. The number of esters is 1. The van der Waals surface area contributed by atoms with E-state index in [1.54, 1.807) is 6.92 Å². The van der Waals surface area contributed by atoms with Gasteiger partial charge in [0.1, 0.15) is 5.60 Å². The Hall–Kier alpha value is -1.56. The van der Waals surface area contributed by atoms with Crippen molar-refractivity contribution in [1.29, 1.82) is 0 Å². The Labute approximate surface area is 121 Å². The summed E-state index contributed by atoms with van der Waals surface area (Å²) in [5.41, 5.74) is -4.07. The van der Waals surface area contributed by atoms with E-state index in [-0.39, 0.29) is 12.2 Å². The van der Waals surface area contributed by atoms with E-state index >= 15 is 0 Å². The van der Waals surface area contributed by atoms with Gasteiger partial charge in [-0.05, 0) is 45.4 Å². The molecule has 0 amide bonds. The number of halogens is 3. The highest BCUT2D eigenvalue weighted by Crippen LogP contribution is 2.42. The zero-order valence-electron chi connectivity index (χ0n) is 12.4. The summed E-state index contributed by atoms with van der Waals surface area (Å²) in [6.07, 6.45) is -4.51. The van der Waals surface area contributed by atoms with E-state index in [9.17, 15) is 23.1 Å². The summed E-state index contributed by atoms with van der Waals surface area (Å²) in [5, 5.41) is 10.6. The summed E-state index contributed by atoms with van der Waals surface area (Å²) < 4.78 is 43.2. The zero-order valence-corrected chi connectivity index (χ0v) is 12.4. The van der Waals surface area contributed by atoms with Gasteiger partial charge in [-0.2, -0.15) is 13.2 Å². The van der Waals surface area contributed by atoms with Gasteiger partial charge in [-0.3, -0.25) is 4.79 Å². The van der Waals surface area contributed by atoms with Crippen molar-refractivity contribution in [2.45, 2.75) is 39.5 Å². The Bertz CT molecular complexity index is 519. The second-order valence-electron chi connectivity index (χ2n) is 5.50. The predicted molar refractivity (Wildman–Crippen MR) is 71.4 cm³/mol. The van der Waals surface area contributed by atoms with Crippen LogP contribution in [0.25, 0.3) is 0 Å². The van der Waals surface area contributed by atoms with Crippen LogP contribution in [0.5, 0.6) is 0 Å². The summed E-state index contributed by atoms with van der Waals surface area (Å²) in [6.45, 7) is 5.92. The summed E-state index contributed by atoms with van der Waals surface area (Å²) in [4.78, 5) is 12.0. The smallest absolute Gasteiger partial charge is 0.416 e. The molecule has 21 heavy (non-hydrogen) atoms. The normalized spacial score (nSPS) is 15.4. The van der Waals surface area contributed by atoms with Crippen LogP contribution in [-0.4, -0.2) is 17.7 Å². The SMILES string of the molecule is CCOC(=O)C(C)(C)C(C)(O)c1cccc(C(F)(F)F)c1. The van der Waals surface area contributed by atoms with E-state index in [1.807, 2.05) is 0 Å². The third-order valence-electron chi connectivity index (χ3n) is 3.75. The fourth-order valence-electron chi connectivity index (χ4n) is 1.87. The topological polar surface area (TPSA) is 46.5 Å². The van der Waals surface area contributed by atoms with E-state index in [1.165, 1.54) is 32.9 Å². The molecular formula is C15H19F3O3. The maximum absolute atomic E-state index is 12.8. The molecule has 1 unspecified atom stereocenters. The van der Waals surface area contributed by atoms with E-state index in [2.05, 4.69) is 0 Å². The predicted octanol–water partition coefficient (Wildman–Crippen LogP) is 3.50. The van der Waals surface area contributed by atoms with E-state index < -0.39 is 28.7 Å². The van der Waals surface area contributed by atoms with E-state index in [4.69, 9.17) is 4.74 Å². The molecule has 3 nitrogen and oxygen atoms in total. The van der Waals surface area contributed by atoms with Crippen molar-refractivity contribution in [1.82, 2.24) is 0 Å². The van der Waals surface area contributed by atoms with Crippen LogP contribution >= 0.6 is 0 Å². The molecule has 0 radical (unpaired) electrons. The van der Waals surface area contributed by atoms with Gasteiger partial charge >= 0.3 is 12.1 Å². The highest BCUT2D eigenvalue weighted by atomic mass is 19.4. The Morgan fingerprint density at radius 2 is 1.71 bits per heavy atom. The highest BCUT2D eigenvalue weighted by molar-refractivity contribution is 5.77. The van der Waals surface area contributed by atoms with Gasteiger partial charge in [0, 0.05) is 0 Å². The monoisotopic (exact) mass is 304 g/mol. The first-order chi connectivity index (χ1) is 9.44. The number of hydrogen-bond donors (Lipinski definition) is 1. The second-order valence-corrected chi connectivity index (χ2v) is 5.50. The standard InChI is InChI=1S/C15H19F3O3/c1-5-21-12(19)13(2,3)14(4,20)10-7-6-8-11(9-10)15(16,17)18/h6-9,20H,5H2,1-4H3. The second kappa shape index (κ2) is 5.67. The lowest BCUT2D eigenvalue weighted by molar-refractivity contribution is -0.170. The number of hydrogen-bond acceptors (Lipinski definition) is 3. The van der Waals surface area contributed by atoms with Crippen molar-refractivity contribution in [3.63, 3.8) is 0 Å². The first kappa shape index (κ1) is 17.5. The Kier molecular flexibility index (Phi) is 4.73. The number of alkyl halides is 3. The molecule has 0 saturated carbocycles. The lowest BCUT2D eigenvalue weighted by Crippen LogP contribution is -2.46. The minimum atomic E-state index is -4.51. The maximum Gasteiger partial charge on any atom is 0.416 e. The average Bonchev–Trinajstić information content (AvgIpc) is 2.38. The third kappa shape index (κ3) is 3.37. The van der Waals surface area contributed by atoms with Crippen LogP contribution < -0.4 is 0 Å². The van der Waals surface area contributed by atoms with Crippen LogP contribution in [0.1, 0.15) is 38.8 Å². The number of ether oxygens (including phenoxy) is 1. The van der Waals surface area contributed by atoms with Crippen LogP contribution in [0.4, 0.5) is 13.2 Å². The van der Waals surface area contributed by atoms with Crippen LogP contribution in [-0.2, 0) is 21.3 Å². The molecule has 1 rings (SSSR count). The molecule has 1 atom stereocenters. The van der Waals surface area contributed by atoms with E-state index in [0.717, 1.165) is 12.1 Å². The minimum absolute atomic E-state index is 0.00961. The summed E-state index contributed by atoms with van der Waals surface area (Å²) in [5.74, 6) is -0.674. The largest absolute Gasteiger partial charge is 0.465 e. The molecule has 0 heterocycles. The van der Waals surface area contributed by atoms with Gasteiger partial charge in [0.05, 0.1) is 17.6 Å². The van der Waals surface area contributed by atoms with Crippen LogP contribution in [0.3, 0.4) is 0 Å². The van der Waals surface area contributed by atoms with Gasteiger partial charge in [-0.15, -0.1) is 0 Å².